The molecule has 0 bridgehead atoms. The van der Waals surface area contributed by atoms with Crippen LogP contribution in [0.25, 0.3) is 0 Å². The highest BCUT2D eigenvalue weighted by atomic mass is 35.5. The van der Waals surface area contributed by atoms with Crippen molar-refractivity contribution in [2.75, 3.05) is 13.7 Å². The lowest BCUT2D eigenvalue weighted by Gasteiger charge is -2.22. The molecular formula is C11H12Cl2F3NO. The first-order chi connectivity index (χ1) is 8.31. The van der Waals surface area contributed by atoms with Gasteiger partial charge in [-0.05, 0) is 25.6 Å². The fraction of sp³-hybridized carbons (Fsp3) is 0.455. The molecule has 1 atom stereocenters. The minimum atomic E-state index is -4.45. The van der Waals surface area contributed by atoms with E-state index in [1.807, 2.05) is 0 Å². The summed E-state index contributed by atoms with van der Waals surface area (Å²) < 4.78 is 43.5. The van der Waals surface area contributed by atoms with Crippen LogP contribution < -0.4 is 10.1 Å². The van der Waals surface area contributed by atoms with E-state index in [2.05, 4.69) is 5.32 Å². The van der Waals surface area contributed by atoms with Gasteiger partial charge < -0.3 is 10.1 Å². The second-order valence-corrected chi connectivity index (χ2v) is 4.31. The van der Waals surface area contributed by atoms with Gasteiger partial charge in [0.15, 0.2) is 0 Å². The first-order valence-electron chi connectivity index (χ1n) is 5.17. The first kappa shape index (κ1) is 15.4. The summed E-state index contributed by atoms with van der Waals surface area (Å²) in [6.07, 6.45) is -4.45. The molecule has 1 aromatic rings. The monoisotopic (exact) mass is 301 g/mol. The lowest BCUT2D eigenvalue weighted by molar-refractivity contribution is -0.156. The molecule has 0 heterocycles. The summed E-state index contributed by atoms with van der Waals surface area (Å²) in [5.41, 5.74) is -0.125. The number of nitrogens with one attached hydrogen (secondary N) is 1. The molecule has 0 aliphatic carbocycles. The number of benzene rings is 1. The van der Waals surface area contributed by atoms with E-state index in [0.29, 0.717) is 6.61 Å². The maximum atomic E-state index is 12.8. The third-order valence-corrected chi connectivity index (χ3v) is 2.90. The summed E-state index contributed by atoms with van der Waals surface area (Å²) in [5.74, 6) is 0.268. The molecule has 0 aromatic heterocycles. The number of ether oxygens (including phenoxy) is 1. The summed E-state index contributed by atoms with van der Waals surface area (Å²) in [7, 11) is 1.21. The second-order valence-electron chi connectivity index (χ2n) is 3.50. The standard InChI is InChI=1S/C11H12Cl2F3NO/c1-3-18-9-5-7(12)6(4-8(9)13)10(17-2)11(14,15)16/h4-5,10,17H,3H2,1-2H3. The topological polar surface area (TPSA) is 21.3 Å². The second kappa shape index (κ2) is 5.99. The molecule has 7 heteroatoms. The number of hydrogen-bond acceptors (Lipinski definition) is 2. The summed E-state index contributed by atoms with van der Waals surface area (Å²) in [6, 6.07) is 0.598. The van der Waals surface area contributed by atoms with Crippen LogP contribution in [0.4, 0.5) is 13.2 Å². The van der Waals surface area contributed by atoms with Crippen LogP contribution in [0.3, 0.4) is 0 Å². The Kier molecular flexibility index (Phi) is 5.13. The van der Waals surface area contributed by atoms with E-state index in [9.17, 15) is 13.2 Å². The Bertz CT molecular complexity index is 423. The molecule has 1 rings (SSSR count). The number of hydrogen-bond donors (Lipinski definition) is 1. The Morgan fingerprint density at radius 2 is 1.89 bits per heavy atom. The lowest BCUT2D eigenvalue weighted by atomic mass is 10.1. The van der Waals surface area contributed by atoms with Gasteiger partial charge in [0, 0.05) is 11.1 Å². The Morgan fingerprint density at radius 3 is 2.33 bits per heavy atom. The van der Waals surface area contributed by atoms with Gasteiger partial charge in [-0.15, -0.1) is 0 Å². The molecule has 18 heavy (non-hydrogen) atoms. The lowest BCUT2D eigenvalue weighted by Crippen LogP contribution is -2.31. The minimum Gasteiger partial charge on any atom is -0.492 e. The predicted octanol–water partition coefficient (Wildman–Crippen LogP) is 4.21. The summed E-state index contributed by atoms with van der Waals surface area (Å²) in [5, 5.41) is 2.22. The van der Waals surface area contributed by atoms with Crippen molar-refractivity contribution in [3.63, 3.8) is 0 Å². The van der Waals surface area contributed by atoms with Gasteiger partial charge >= 0.3 is 6.18 Å². The average molecular weight is 302 g/mol. The van der Waals surface area contributed by atoms with Gasteiger partial charge in [0.2, 0.25) is 0 Å². The molecule has 0 saturated carbocycles. The van der Waals surface area contributed by atoms with Gasteiger partial charge in [0.25, 0.3) is 0 Å². The fourth-order valence-electron chi connectivity index (χ4n) is 1.53. The van der Waals surface area contributed by atoms with Crippen molar-refractivity contribution < 1.29 is 17.9 Å². The molecule has 1 N–H and O–H groups in total. The van der Waals surface area contributed by atoms with Gasteiger partial charge in [-0.25, -0.2) is 0 Å². The van der Waals surface area contributed by atoms with Crippen molar-refractivity contribution in [3.8, 4) is 5.75 Å². The van der Waals surface area contributed by atoms with Crippen LogP contribution >= 0.6 is 23.2 Å². The Hall–Kier alpha value is -0.650. The summed E-state index contributed by atoms with van der Waals surface area (Å²) in [6.45, 7) is 2.09. The fourth-order valence-corrected chi connectivity index (χ4v) is 2.02. The average Bonchev–Trinajstić information content (AvgIpc) is 2.24. The molecule has 1 aromatic carbocycles. The molecule has 0 aliphatic rings. The van der Waals surface area contributed by atoms with E-state index < -0.39 is 12.2 Å². The van der Waals surface area contributed by atoms with E-state index in [1.165, 1.54) is 19.2 Å². The van der Waals surface area contributed by atoms with Crippen molar-refractivity contribution >= 4 is 23.2 Å². The largest absolute Gasteiger partial charge is 0.492 e. The zero-order valence-corrected chi connectivity index (χ0v) is 11.2. The third kappa shape index (κ3) is 3.43. The number of alkyl halides is 3. The van der Waals surface area contributed by atoms with Crippen LogP contribution in [0.1, 0.15) is 18.5 Å². The smallest absolute Gasteiger partial charge is 0.407 e. The van der Waals surface area contributed by atoms with Crippen LogP contribution in [0.15, 0.2) is 12.1 Å². The zero-order chi connectivity index (χ0) is 13.9. The first-order valence-corrected chi connectivity index (χ1v) is 5.92. The molecule has 0 radical (unpaired) electrons. The van der Waals surface area contributed by atoms with Crippen molar-refractivity contribution in [1.29, 1.82) is 0 Å². The highest BCUT2D eigenvalue weighted by Crippen LogP contribution is 2.40. The number of halogens is 5. The van der Waals surface area contributed by atoms with Crippen LogP contribution in [-0.2, 0) is 0 Å². The maximum absolute atomic E-state index is 12.8. The minimum absolute atomic E-state index is 0.0421. The maximum Gasteiger partial charge on any atom is 0.407 e. The van der Waals surface area contributed by atoms with Crippen molar-refractivity contribution in [2.45, 2.75) is 19.1 Å². The normalized spacial score (nSPS) is 13.5. The molecule has 0 fully saturated rings. The Morgan fingerprint density at radius 1 is 1.28 bits per heavy atom. The van der Waals surface area contributed by atoms with E-state index in [4.69, 9.17) is 27.9 Å². The van der Waals surface area contributed by atoms with Crippen molar-refractivity contribution in [3.05, 3.63) is 27.7 Å². The van der Waals surface area contributed by atoms with E-state index in [1.54, 1.807) is 6.92 Å². The van der Waals surface area contributed by atoms with Crippen LogP contribution in [0.2, 0.25) is 10.0 Å². The van der Waals surface area contributed by atoms with Gasteiger partial charge in [0.1, 0.15) is 11.8 Å². The molecule has 102 valence electrons. The highest BCUT2D eigenvalue weighted by molar-refractivity contribution is 6.34. The molecular weight excluding hydrogens is 290 g/mol. The Balaban J connectivity index is 3.21. The summed E-state index contributed by atoms with van der Waals surface area (Å²) in [4.78, 5) is 0. The van der Waals surface area contributed by atoms with Crippen LogP contribution in [-0.4, -0.2) is 19.8 Å². The highest BCUT2D eigenvalue weighted by Gasteiger charge is 2.41. The van der Waals surface area contributed by atoms with Gasteiger partial charge in [0.05, 0.1) is 11.6 Å². The zero-order valence-electron chi connectivity index (χ0n) is 9.74. The van der Waals surface area contributed by atoms with Gasteiger partial charge in [-0.3, -0.25) is 0 Å². The SMILES string of the molecule is CCOc1cc(Cl)c(C(NC)C(F)(F)F)cc1Cl. The molecule has 2 nitrogen and oxygen atoms in total. The molecule has 0 saturated heterocycles. The van der Waals surface area contributed by atoms with Gasteiger partial charge in [-0.2, -0.15) is 13.2 Å². The van der Waals surface area contributed by atoms with E-state index in [0.717, 1.165) is 0 Å². The number of rotatable bonds is 4. The van der Waals surface area contributed by atoms with Crippen LogP contribution in [0, 0.1) is 0 Å². The third-order valence-electron chi connectivity index (χ3n) is 2.28. The van der Waals surface area contributed by atoms with Gasteiger partial charge in [-0.1, -0.05) is 23.2 Å². The predicted molar refractivity (Wildman–Crippen MR) is 65.5 cm³/mol. The Labute approximate surface area is 113 Å². The van der Waals surface area contributed by atoms with Crippen molar-refractivity contribution in [2.24, 2.45) is 0 Å². The van der Waals surface area contributed by atoms with Crippen LogP contribution in [0.5, 0.6) is 5.75 Å². The molecule has 0 amide bonds. The molecule has 0 spiro atoms. The molecule has 1 unspecified atom stereocenters. The molecule has 0 aliphatic heterocycles. The van der Waals surface area contributed by atoms with E-state index >= 15 is 0 Å². The van der Waals surface area contributed by atoms with E-state index in [-0.39, 0.29) is 21.4 Å². The quantitative estimate of drug-likeness (QED) is 0.899. The van der Waals surface area contributed by atoms with Crippen molar-refractivity contribution in [1.82, 2.24) is 5.32 Å². The summed E-state index contributed by atoms with van der Waals surface area (Å²) >= 11 is 11.7.